The van der Waals surface area contributed by atoms with Gasteiger partial charge < -0.3 is 9.47 Å². The molecule has 0 unspecified atom stereocenters. The lowest BCUT2D eigenvalue weighted by molar-refractivity contribution is 0.0955. The zero-order chi connectivity index (χ0) is 18.9. The number of hydrogen-bond donors (Lipinski definition) is 1. The van der Waals surface area contributed by atoms with E-state index in [1.807, 2.05) is 54.6 Å². The molecule has 0 aromatic heterocycles. The molecule has 27 heavy (non-hydrogen) atoms. The van der Waals surface area contributed by atoms with E-state index in [4.69, 9.17) is 9.47 Å². The Kier molecular flexibility index (Phi) is 6.20. The summed E-state index contributed by atoms with van der Waals surface area (Å²) in [5.74, 6) is 1.15. The zero-order valence-corrected chi connectivity index (χ0v) is 15.0. The molecule has 0 heterocycles. The summed E-state index contributed by atoms with van der Waals surface area (Å²) in [5.41, 5.74) is 4.95. The van der Waals surface area contributed by atoms with Crippen LogP contribution in [0.15, 0.2) is 84.0 Å². The number of carbonyl (C=O) groups excluding carboxylic acids is 1. The van der Waals surface area contributed by atoms with Gasteiger partial charge in [0.25, 0.3) is 5.91 Å². The van der Waals surface area contributed by atoms with Crippen molar-refractivity contribution in [3.8, 4) is 11.5 Å². The Morgan fingerprint density at radius 3 is 2.48 bits per heavy atom. The van der Waals surface area contributed by atoms with Crippen molar-refractivity contribution in [2.24, 2.45) is 5.10 Å². The number of hydrogen-bond acceptors (Lipinski definition) is 4. The molecule has 0 radical (unpaired) electrons. The van der Waals surface area contributed by atoms with Crippen LogP contribution in [-0.4, -0.2) is 19.2 Å². The Balaban J connectivity index is 1.55. The molecule has 3 aromatic rings. The van der Waals surface area contributed by atoms with Crippen LogP contribution in [0, 0.1) is 0 Å². The van der Waals surface area contributed by atoms with Gasteiger partial charge in [-0.05, 0) is 47.5 Å². The topological polar surface area (TPSA) is 59.9 Å². The average molecular weight is 360 g/mol. The van der Waals surface area contributed by atoms with Crippen LogP contribution in [0.1, 0.15) is 21.5 Å². The van der Waals surface area contributed by atoms with Crippen molar-refractivity contribution in [2.75, 3.05) is 7.11 Å². The summed E-state index contributed by atoms with van der Waals surface area (Å²) in [6, 6.07) is 24.3. The standard InChI is InChI=1S/C22H20N2O3/c1-26-20-12-10-19(11-13-20)22(25)24-23-15-18-8-5-9-21(14-18)27-16-17-6-3-2-4-7-17/h2-15H,16H2,1H3,(H,24,25)/b23-15+. The number of methoxy groups -OCH3 is 1. The Bertz CT molecular complexity index is 906. The lowest BCUT2D eigenvalue weighted by atomic mass is 10.2. The van der Waals surface area contributed by atoms with E-state index in [9.17, 15) is 4.79 Å². The van der Waals surface area contributed by atoms with Gasteiger partial charge in [0.05, 0.1) is 13.3 Å². The molecule has 3 aromatic carbocycles. The summed E-state index contributed by atoms with van der Waals surface area (Å²) in [5, 5.41) is 4.01. The van der Waals surface area contributed by atoms with E-state index < -0.39 is 0 Å². The number of nitrogens with one attached hydrogen (secondary N) is 1. The second-order valence-electron chi connectivity index (χ2n) is 5.77. The number of hydrazone groups is 1. The van der Waals surface area contributed by atoms with E-state index in [2.05, 4.69) is 10.5 Å². The molecule has 0 aliphatic carbocycles. The van der Waals surface area contributed by atoms with Crippen LogP contribution in [0.25, 0.3) is 0 Å². The maximum Gasteiger partial charge on any atom is 0.271 e. The monoisotopic (exact) mass is 360 g/mol. The summed E-state index contributed by atoms with van der Waals surface area (Å²) in [6.07, 6.45) is 1.58. The molecule has 5 heteroatoms. The van der Waals surface area contributed by atoms with Gasteiger partial charge in [0, 0.05) is 5.56 Å². The van der Waals surface area contributed by atoms with Crippen molar-refractivity contribution < 1.29 is 14.3 Å². The summed E-state index contributed by atoms with van der Waals surface area (Å²) in [4.78, 5) is 12.1. The first-order chi connectivity index (χ1) is 13.2. The normalized spacial score (nSPS) is 10.6. The predicted molar refractivity (Wildman–Crippen MR) is 105 cm³/mol. The van der Waals surface area contributed by atoms with Gasteiger partial charge in [-0.15, -0.1) is 0 Å². The van der Waals surface area contributed by atoms with Gasteiger partial charge >= 0.3 is 0 Å². The molecule has 0 bridgehead atoms. The molecule has 136 valence electrons. The summed E-state index contributed by atoms with van der Waals surface area (Å²) < 4.78 is 10.9. The van der Waals surface area contributed by atoms with Crippen LogP contribution in [-0.2, 0) is 6.61 Å². The minimum absolute atomic E-state index is 0.287. The number of rotatable bonds is 7. The minimum Gasteiger partial charge on any atom is -0.497 e. The van der Waals surface area contributed by atoms with Crippen molar-refractivity contribution in [1.29, 1.82) is 0 Å². The maximum atomic E-state index is 12.1. The van der Waals surface area contributed by atoms with E-state index in [1.165, 1.54) is 0 Å². The van der Waals surface area contributed by atoms with Gasteiger partial charge in [-0.1, -0.05) is 42.5 Å². The van der Waals surface area contributed by atoms with Gasteiger partial charge in [0.2, 0.25) is 0 Å². The predicted octanol–water partition coefficient (Wildman–Crippen LogP) is 4.04. The first-order valence-corrected chi connectivity index (χ1v) is 8.49. The second kappa shape index (κ2) is 9.20. The van der Waals surface area contributed by atoms with Crippen LogP contribution < -0.4 is 14.9 Å². The molecule has 3 rings (SSSR count). The van der Waals surface area contributed by atoms with E-state index in [1.54, 1.807) is 37.6 Å². The highest BCUT2D eigenvalue weighted by Gasteiger charge is 2.04. The van der Waals surface area contributed by atoms with Crippen molar-refractivity contribution in [2.45, 2.75) is 6.61 Å². The molecule has 1 amide bonds. The fourth-order valence-electron chi connectivity index (χ4n) is 2.40. The highest BCUT2D eigenvalue weighted by molar-refractivity contribution is 5.95. The molecule has 5 nitrogen and oxygen atoms in total. The summed E-state index contributed by atoms with van der Waals surface area (Å²) in [6.45, 7) is 0.496. The Morgan fingerprint density at radius 2 is 1.74 bits per heavy atom. The first kappa shape index (κ1) is 18.2. The summed E-state index contributed by atoms with van der Waals surface area (Å²) >= 11 is 0. The number of benzene rings is 3. The van der Waals surface area contributed by atoms with E-state index >= 15 is 0 Å². The van der Waals surface area contributed by atoms with Crippen molar-refractivity contribution in [3.05, 3.63) is 95.6 Å². The molecule has 0 saturated carbocycles. The number of ether oxygens (including phenoxy) is 2. The molecule has 0 saturated heterocycles. The van der Waals surface area contributed by atoms with Crippen LogP contribution in [0.3, 0.4) is 0 Å². The highest BCUT2D eigenvalue weighted by Crippen LogP contribution is 2.14. The molecule has 1 N–H and O–H groups in total. The Labute approximate surface area is 158 Å². The largest absolute Gasteiger partial charge is 0.497 e. The van der Waals surface area contributed by atoms with Crippen LogP contribution >= 0.6 is 0 Å². The number of amides is 1. The quantitative estimate of drug-likeness (QED) is 0.511. The molecule has 0 aliphatic rings. The average Bonchev–Trinajstić information content (AvgIpc) is 2.73. The van der Waals surface area contributed by atoms with Crippen LogP contribution in [0.5, 0.6) is 11.5 Å². The van der Waals surface area contributed by atoms with Gasteiger partial charge in [-0.2, -0.15) is 5.10 Å². The third-order valence-corrected chi connectivity index (χ3v) is 3.84. The summed E-state index contributed by atoms with van der Waals surface area (Å²) in [7, 11) is 1.58. The maximum absolute atomic E-state index is 12.1. The van der Waals surface area contributed by atoms with Gasteiger partial charge in [-0.3, -0.25) is 4.79 Å². The molecular weight excluding hydrogens is 340 g/mol. The van der Waals surface area contributed by atoms with Crippen LogP contribution in [0.4, 0.5) is 0 Å². The molecular formula is C22H20N2O3. The molecule has 0 aliphatic heterocycles. The van der Waals surface area contributed by atoms with E-state index in [0.29, 0.717) is 17.9 Å². The smallest absolute Gasteiger partial charge is 0.271 e. The zero-order valence-electron chi connectivity index (χ0n) is 15.0. The second-order valence-corrected chi connectivity index (χ2v) is 5.77. The van der Waals surface area contributed by atoms with Gasteiger partial charge in [0.1, 0.15) is 18.1 Å². The third-order valence-electron chi connectivity index (χ3n) is 3.84. The van der Waals surface area contributed by atoms with E-state index in [-0.39, 0.29) is 5.91 Å². The highest BCUT2D eigenvalue weighted by atomic mass is 16.5. The molecule has 0 spiro atoms. The van der Waals surface area contributed by atoms with Crippen molar-refractivity contribution in [3.63, 3.8) is 0 Å². The molecule has 0 fully saturated rings. The number of nitrogens with zero attached hydrogens (tertiary/aromatic N) is 1. The number of carbonyl (C=O) groups is 1. The van der Waals surface area contributed by atoms with Crippen LogP contribution in [0.2, 0.25) is 0 Å². The fraction of sp³-hybridized carbons (Fsp3) is 0.0909. The third kappa shape index (κ3) is 5.44. The lowest BCUT2D eigenvalue weighted by Gasteiger charge is -2.06. The van der Waals surface area contributed by atoms with Crippen molar-refractivity contribution in [1.82, 2.24) is 5.43 Å². The van der Waals surface area contributed by atoms with Gasteiger partial charge in [0.15, 0.2) is 0 Å². The van der Waals surface area contributed by atoms with E-state index in [0.717, 1.165) is 16.9 Å². The lowest BCUT2D eigenvalue weighted by Crippen LogP contribution is -2.17. The van der Waals surface area contributed by atoms with Gasteiger partial charge in [-0.25, -0.2) is 5.43 Å². The first-order valence-electron chi connectivity index (χ1n) is 8.49. The minimum atomic E-state index is -0.287. The fourth-order valence-corrected chi connectivity index (χ4v) is 2.40. The SMILES string of the molecule is COc1ccc(C(=O)N/N=C/c2cccc(OCc3ccccc3)c2)cc1. The van der Waals surface area contributed by atoms with Crippen molar-refractivity contribution >= 4 is 12.1 Å². The molecule has 0 atom stereocenters. The Hall–Kier alpha value is -3.60. The Morgan fingerprint density at radius 1 is 0.963 bits per heavy atom.